The largest absolute Gasteiger partial charge is 0.490 e. The number of nitriles is 1. The lowest BCUT2D eigenvalue weighted by atomic mass is 9.71. The summed E-state index contributed by atoms with van der Waals surface area (Å²) in [6, 6.07) is 16.6. The number of primary amides is 1. The zero-order chi connectivity index (χ0) is 40.8. The Bertz CT molecular complexity index is 2170. The SMILES string of the molecule is N#Cc1ccc(OC2CCC(N3C(=O)CCC(N4C(=O)c5ccc(N6CC7(CCN(CC8CCN(c9ccc(C(N)=O)nn9)CC8)CC7)C6)cc5C4=O)C3=O)CC2)cc1. The third kappa shape index (κ3) is 7.50. The predicted octanol–water partition coefficient (Wildman–Crippen LogP) is 3.77. The van der Waals surface area contributed by atoms with Crippen LogP contribution in [0.15, 0.2) is 54.6 Å². The second-order valence-electron chi connectivity index (χ2n) is 17.3. The monoisotopic (exact) mass is 799 g/mol. The summed E-state index contributed by atoms with van der Waals surface area (Å²) < 4.78 is 6.12. The highest BCUT2D eigenvalue weighted by molar-refractivity contribution is 6.23. The van der Waals surface area contributed by atoms with Gasteiger partial charge in [-0.2, -0.15) is 5.26 Å². The van der Waals surface area contributed by atoms with E-state index in [4.69, 9.17) is 15.7 Å². The number of carbonyl (C=O) groups excluding carboxylic acids is 5. The molecule has 15 heteroatoms. The predicted molar refractivity (Wildman–Crippen MR) is 215 cm³/mol. The number of ether oxygens (including phenoxy) is 1. The van der Waals surface area contributed by atoms with Crippen LogP contribution in [0.1, 0.15) is 101 Å². The Hall–Kier alpha value is -5.88. The number of nitrogens with two attached hydrogens (primary N) is 1. The number of carbonyl (C=O) groups is 5. The van der Waals surface area contributed by atoms with Gasteiger partial charge in [0, 0.05) is 56.3 Å². The third-order valence-electron chi connectivity index (χ3n) is 13.6. The summed E-state index contributed by atoms with van der Waals surface area (Å²) in [5.41, 5.74) is 7.80. The van der Waals surface area contributed by atoms with Crippen molar-refractivity contribution < 1.29 is 28.7 Å². The van der Waals surface area contributed by atoms with Gasteiger partial charge in [-0.3, -0.25) is 33.8 Å². The van der Waals surface area contributed by atoms with Crippen LogP contribution >= 0.6 is 0 Å². The summed E-state index contributed by atoms with van der Waals surface area (Å²) >= 11 is 0. The van der Waals surface area contributed by atoms with Crippen molar-refractivity contribution in [3.05, 3.63) is 77.0 Å². The molecule has 4 saturated heterocycles. The van der Waals surface area contributed by atoms with E-state index in [-0.39, 0.29) is 42.0 Å². The molecule has 5 aliphatic heterocycles. The summed E-state index contributed by atoms with van der Waals surface area (Å²) in [5.74, 6) is -0.186. The van der Waals surface area contributed by atoms with Gasteiger partial charge in [0.2, 0.25) is 5.91 Å². The van der Waals surface area contributed by atoms with E-state index in [1.165, 1.54) is 4.90 Å². The van der Waals surface area contributed by atoms with Crippen molar-refractivity contribution in [2.75, 3.05) is 55.6 Å². The maximum absolute atomic E-state index is 14.0. The molecule has 0 radical (unpaired) electrons. The lowest BCUT2D eigenvalue weighted by molar-refractivity contribution is -0.155. The number of hydrogen-bond acceptors (Lipinski definition) is 12. The number of nitrogens with zero attached hydrogens (tertiary/aromatic N) is 8. The van der Waals surface area contributed by atoms with Crippen LogP contribution in [-0.4, -0.2) is 118 Å². The molecular formula is C44H49N9O6. The van der Waals surface area contributed by atoms with Crippen LogP contribution in [-0.2, 0) is 9.59 Å². The fourth-order valence-corrected chi connectivity index (χ4v) is 10.2. The fraction of sp³-hybridized carbons (Fsp3) is 0.500. The summed E-state index contributed by atoms with van der Waals surface area (Å²) in [6.07, 6.45) is 6.96. The molecular weight excluding hydrogens is 751 g/mol. The van der Waals surface area contributed by atoms with E-state index < -0.39 is 29.7 Å². The molecule has 9 rings (SSSR count). The Balaban J connectivity index is 0.755. The number of piperidine rings is 3. The zero-order valence-electron chi connectivity index (χ0n) is 33.1. The molecule has 1 aliphatic carbocycles. The number of fused-ring (bicyclic) bond motifs is 1. The number of anilines is 2. The van der Waals surface area contributed by atoms with Crippen LogP contribution in [0.4, 0.5) is 11.5 Å². The molecule has 6 heterocycles. The van der Waals surface area contributed by atoms with E-state index in [2.05, 4.69) is 31.0 Å². The Labute approximate surface area is 343 Å². The average molecular weight is 800 g/mol. The van der Waals surface area contributed by atoms with Crippen LogP contribution in [0.2, 0.25) is 0 Å². The number of rotatable bonds is 9. The summed E-state index contributed by atoms with van der Waals surface area (Å²) in [4.78, 5) is 75.7. The van der Waals surface area contributed by atoms with Gasteiger partial charge in [0.15, 0.2) is 11.5 Å². The molecule has 306 valence electrons. The maximum Gasteiger partial charge on any atom is 0.269 e. The Morgan fingerprint density at radius 2 is 1.51 bits per heavy atom. The zero-order valence-corrected chi connectivity index (χ0v) is 33.1. The second kappa shape index (κ2) is 15.7. The molecule has 1 spiro atoms. The molecule has 59 heavy (non-hydrogen) atoms. The summed E-state index contributed by atoms with van der Waals surface area (Å²) in [5, 5.41) is 17.2. The van der Waals surface area contributed by atoms with Crippen molar-refractivity contribution in [3.8, 4) is 11.8 Å². The number of hydrogen-bond donors (Lipinski definition) is 1. The van der Waals surface area contributed by atoms with Crippen LogP contribution in [0.3, 0.4) is 0 Å². The van der Waals surface area contributed by atoms with Crippen molar-refractivity contribution in [3.63, 3.8) is 0 Å². The normalized spacial score (nSPS) is 24.9. The first kappa shape index (κ1) is 38.6. The Morgan fingerprint density at radius 3 is 2.17 bits per heavy atom. The quantitative estimate of drug-likeness (QED) is 0.310. The molecule has 5 amide bonds. The highest BCUT2D eigenvalue weighted by atomic mass is 16.5. The van der Waals surface area contributed by atoms with Crippen molar-refractivity contribution >= 4 is 41.0 Å². The summed E-state index contributed by atoms with van der Waals surface area (Å²) in [6.45, 7) is 6.82. The first-order chi connectivity index (χ1) is 28.6. The molecule has 5 fully saturated rings. The average Bonchev–Trinajstić information content (AvgIpc) is 3.49. The van der Waals surface area contributed by atoms with Gasteiger partial charge >= 0.3 is 0 Å². The van der Waals surface area contributed by atoms with E-state index in [9.17, 15) is 24.0 Å². The topological polar surface area (TPSA) is 186 Å². The first-order valence-corrected chi connectivity index (χ1v) is 21.0. The molecule has 2 aromatic carbocycles. The summed E-state index contributed by atoms with van der Waals surface area (Å²) in [7, 11) is 0. The van der Waals surface area contributed by atoms with Gasteiger partial charge in [0.05, 0.1) is 28.9 Å². The highest BCUT2D eigenvalue weighted by Crippen LogP contribution is 2.44. The number of imide groups is 2. The van der Waals surface area contributed by atoms with E-state index in [1.54, 1.807) is 36.4 Å². The molecule has 0 bridgehead atoms. The second-order valence-corrected chi connectivity index (χ2v) is 17.3. The molecule has 1 atom stereocenters. The highest BCUT2D eigenvalue weighted by Gasteiger charge is 2.50. The molecule has 1 aromatic heterocycles. The fourth-order valence-electron chi connectivity index (χ4n) is 10.2. The van der Waals surface area contributed by atoms with Gasteiger partial charge in [0.25, 0.3) is 23.6 Å². The van der Waals surface area contributed by atoms with Gasteiger partial charge in [-0.25, -0.2) is 0 Å². The third-order valence-corrected chi connectivity index (χ3v) is 13.6. The lowest BCUT2D eigenvalue weighted by Crippen LogP contribution is -2.60. The lowest BCUT2D eigenvalue weighted by Gasteiger charge is -2.55. The Kier molecular flexibility index (Phi) is 10.3. The molecule has 1 unspecified atom stereocenters. The van der Waals surface area contributed by atoms with E-state index >= 15 is 0 Å². The smallest absolute Gasteiger partial charge is 0.269 e. The minimum Gasteiger partial charge on any atom is -0.490 e. The van der Waals surface area contributed by atoms with Crippen LogP contribution in [0.5, 0.6) is 5.75 Å². The standard InChI is InChI=1S/C44H49N9O6/c45-24-28-1-6-32(7-2-28)59-33-8-3-30(4-9-33)52-39(54)14-12-37(43(52)58)53-41(56)34-10-5-31(23-35(34)42(53)57)51-26-44(27-51)17-21-49(22-18-44)25-29-15-19-50(20-16-29)38-13-11-36(40(46)55)47-48-38/h1-2,5-7,10-11,13,23,29-30,33,37H,3-4,8-9,12,14-22,25-27H2,(H2,46,55). The van der Waals surface area contributed by atoms with Gasteiger partial charge in [-0.05, 0) is 131 Å². The Morgan fingerprint density at radius 1 is 0.797 bits per heavy atom. The molecule has 2 N–H and O–H groups in total. The van der Waals surface area contributed by atoms with E-state index in [0.29, 0.717) is 54.0 Å². The van der Waals surface area contributed by atoms with Crippen molar-refractivity contribution in [2.24, 2.45) is 17.1 Å². The molecule has 6 aliphatic rings. The van der Waals surface area contributed by atoms with Crippen LogP contribution in [0.25, 0.3) is 0 Å². The number of aromatic nitrogens is 2. The van der Waals surface area contributed by atoms with Crippen LogP contribution < -0.4 is 20.3 Å². The van der Waals surface area contributed by atoms with E-state index in [1.807, 2.05) is 18.2 Å². The maximum atomic E-state index is 14.0. The van der Waals surface area contributed by atoms with Gasteiger partial charge in [-0.15, -0.1) is 10.2 Å². The van der Waals surface area contributed by atoms with E-state index in [0.717, 1.165) is 87.9 Å². The van der Waals surface area contributed by atoms with Crippen LogP contribution in [0, 0.1) is 22.7 Å². The van der Waals surface area contributed by atoms with Gasteiger partial charge in [0.1, 0.15) is 11.8 Å². The van der Waals surface area contributed by atoms with Crippen molar-refractivity contribution in [2.45, 2.75) is 82.4 Å². The van der Waals surface area contributed by atoms with Gasteiger partial charge < -0.3 is 25.2 Å². The van der Waals surface area contributed by atoms with Crippen molar-refractivity contribution in [1.82, 2.24) is 24.9 Å². The van der Waals surface area contributed by atoms with Gasteiger partial charge in [-0.1, -0.05) is 0 Å². The molecule has 3 aromatic rings. The molecule has 1 saturated carbocycles. The minimum absolute atomic E-state index is 0.0790. The first-order valence-electron chi connectivity index (χ1n) is 21.0. The van der Waals surface area contributed by atoms with Crippen molar-refractivity contribution in [1.29, 1.82) is 5.26 Å². The minimum atomic E-state index is -1.02. The number of likely N-dealkylation sites (tertiary alicyclic amines) is 2. The number of amides is 5. The molecule has 15 nitrogen and oxygen atoms in total. The number of benzene rings is 2.